The van der Waals surface area contributed by atoms with Crippen LogP contribution in [0.4, 0.5) is 11.8 Å². The molecule has 0 atom stereocenters. The minimum atomic E-state index is 0.138. The zero-order valence-electron chi connectivity index (χ0n) is 25.7. The van der Waals surface area contributed by atoms with Crippen LogP contribution in [-0.4, -0.2) is 87.7 Å². The molecule has 3 heterocycles. The molecule has 1 aromatic heterocycles. The maximum absolute atomic E-state index is 13.0. The summed E-state index contributed by atoms with van der Waals surface area (Å²) in [5.41, 5.74) is 1.83. The van der Waals surface area contributed by atoms with Crippen LogP contribution in [0.15, 0.2) is 36.4 Å². The van der Waals surface area contributed by atoms with E-state index in [1.54, 1.807) is 14.2 Å². The summed E-state index contributed by atoms with van der Waals surface area (Å²) < 4.78 is 16.6. The number of hydrogen-bond acceptors (Lipinski definition) is 9. The van der Waals surface area contributed by atoms with Gasteiger partial charge in [-0.25, -0.2) is 4.98 Å². The van der Waals surface area contributed by atoms with Gasteiger partial charge in [0.1, 0.15) is 18.4 Å². The van der Waals surface area contributed by atoms with Gasteiger partial charge in [-0.1, -0.05) is 26.0 Å². The van der Waals surface area contributed by atoms with Crippen molar-refractivity contribution in [2.45, 2.75) is 46.5 Å². The number of amides is 1. The van der Waals surface area contributed by atoms with E-state index in [1.807, 2.05) is 68.9 Å². The van der Waals surface area contributed by atoms with Crippen LogP contribution in [-0.2, 0) is 16.0 Å². The Bertz CT molecular complexity index is 1270. The van der Waals surface area contributed by atoms with Crippen molar-refractivity contribution in [1.82, 2.24) is 14.9 Å². The van der Waals surface area contributed by atoms with Crippen LogP contribution in [0.5, 0.6) is 17.2 Å². The summed E-state index contributed by atoms with van der Waals surface area (Å²) in [5.74, 6) is 3.93. The Hall–Kier alpha value is -4.08. The molecule has 0 radical (unpaired) electrons. The maximum Gasteiger partial charge on any atom is 0.228 e. The molecule has 0 unspecified atom stereocenters. The minimum absolute atomic E-state index is 0.138. The van der Waals surface area contributed by atoms with Crippen molar-refractivity contribution >= 4 is 35.4 Å². The standard InChI is InChI=1S/C29H37N5O4.C2H6.CH2O/c1-4-38-22-10-8-21(9-11-22)18-27(35)32-14-16-34(17-15-32)29-30-24-20-26(37-3)25(36-2)19-23(24)28(31-29)33-12-6-5-7-13-33;2*1-2/h8-11,19-20H,4-7,12-18H2,1-3H3;1-2H3;1H2. The predicted molar refractivity (Wildman–Crippen MR) is 167 cm³/mol. The Morgan fingerprint density at radius 1 is 0.833 bits per heavy atom. The van der Waals surface area contributed by atoms with Gasteiger partial charge in [-0.3, -0.25) is 4.79 Å². The number of ether oxygens (including phenoxy) is 3. The number of fused-ring (bicyclic) bond motifs is 1. The van der Waals surface area contributed by atoms with E-state index < -0.39 is 0 Å². The van der Waals surface area contributed by atoms with E-state index in [0.29, 0.717) is 56.7 Å². The molecular weight excluding hydrogens is 534 g/mol. The Kier molecular flexibility index (Phi) is 12.7. The fourth-order valence-electron chi connectivity index (χ4n) is 5.23. The second-order valence-corrected chi connectivity index (χ2v) is 9.74. The number of piperidine rings is 1. The normalized spacial score (nSPS) is 14.7. The van der Waals surface area contributed by atoms with Crippen LogP contribution < -0.4 is 24.0 Å². The molecule has 0 N–H and O–H groups in total. The van der Waals surface area contributed by atoms with Crippen LogP contribution in [0.25, 0.3) is 10.9 Å². The van der Waals surface area contributed by atoms with Crippen LogP contribution in [0.1, 0.15) is 45.6 Å². The number of benzene rings is 2. The van der Waals surface area contributed by atoms with E-state index in [2.05, 4.69) is 9.80 Å². The highest BCUT2D eigenvalue weighted by Gasteiger charge is 2.26. The molecule has 228 valence electrons. The number of nitrogens with zero attached hydrogens (tertiary/aromatic N) is 5. The second-order valence-electron chi connectivity index (χ2n) is 9.74. The lowest BCUT2D eigenvalue weighted by molar-refractivity contribution is -0.130. The number of piperazine rings is 1. The lowest BCUT2D eigenvalue weighted by Crippen LogP contribution is -2.49. The third-order valence-electron chi connectivity index (χ3n) is 7.33. The van der Waals surface area contributed by atoms with Gasteiger partial charge in [-0.2, -0.15) is 4.98 Å². The average molecular weight is 580 g/mol. The average Bonchev–Trinajstić information content (AvgIpc) is 3.06. The topological polar surface area (TPSA) is 97.3 Å². The van der Waals surface area contributed by atoms with Crippen molar-refractivity contribution in [3.05, 3.63) is 42.0 Å². The monoisotopic (exact) mass is 579 g/mol. The van der Waals surface area contributed by atoms with Crippen molar-refractivity contribution in [2.24, 2.45) is 0 Å². The molecule has 2 aliphatic rings. The van der Waals surface area contributed by atoms with Gasteiger partial charge in [0.15, 0.2) is 11.5 Å². The number of carbonyl (C=O) groups excluding carboxylic acids is 2. The molecule has 10 nitrogen and oxygen atoms in total. The van der Waals surface area contributed by atoms with E-state index in [-0.39, 0.29) is 5.91 Å². The molecule has 10 heteroatoms. The third kappa shape index (κ3) is 7.80. The molecule has 2 fully saturated rings. The van der Waals surface area contributed by atoms with Gasteiger partial charge >= 0.3 is 0 Å². The summed E-state index contributed by atoms with van der Waals surface area (Å²) in [6.45, 7) is 13.2. The van der Waals surface area contributed by atoms with E-state index in [1.165, 1.54) is 6.42 Å². The zero-order chi connectivity index (χ0) is 30.5. The first-order valence-electron chi connectivity index (χ1n) is 14.8. The van der Waals surface area contributed by atoms with Crippen molar-refractivity contribution < 1.29 is 23.8 Å². The summed E-state index contributed by atoms with van der Waals surface area (Å²) >= 11 is 0. The molecule has 0 saturated carbocycles. The smallest absolute Gasteiger partial charge is 0.228 e. The Labute approximate surface area is 249 Å². The highest BCUT2D eigenvalue weighted by molar-refractivity contribution is 5.93. The molecule has 2 aliphatic heterocycles. The van der Waals surface area contributed by atoms with Gasteiger partial charge in [-0.05, 0) is 49.9 Å². The molecule has 2 aromatic carbocycles. The molecule has 3 aromatic rings. The Morgan fingerprint density at radius 2 is 1.45 bits per heavy atom. The molecule has 5 rings (SSSR count). The van der Waals surface area contributed by atoms with Crippen LogP contribution in [0.2, 0.25) is 0 Å². The van der Waals surface area contributed by atoms with E-state index in [9.17, 15) is 4.79 Å². The molecule has 0 aliphatic carbocycles. The lowest BCUT2D eigenvalue weighted by Gasteiger charge is -2.36. The van der Waals surface area contributed by atoms with E-state index >= 15 is 0 Å². The lowest BCUT2D eigenvalue weighted by atomic mass is 10.1. The number of methoxy groups -OCH3 is 2. The number of anilines is 2. The number of aromatic nitrogens is 2. The summed E-state index contributed by atoms with van der Waals surface area (Å²) in [4.78, 5) is 37.5. The van der Waals surface area contributed by atoms with Crippen molar-refractivity contribution in [3.63, 3.8) is 0 Å². The number of rotatable bonds is 8. The van der Waals surface area contributed by atoms with Crippen molar-refractivity contribution in [3.8, 4) is 17.2 Å². The first-order valence-corrected chi connectivity index (χ1v) is 14.8. The predicted octanol–water partition coefficient (Wildman–Crippen LogP) is 4.77. The van der Waals surface area contributed by atoms with Gasteiger partial charge < -0.3 is 33.7 Å². The van der Waals surface area contributed by atoms with Crippen LogP contribution in [0.3, 0.4) is 0 Å². The molecule has 0 spiro atoms. The third-order valence-corrected chi connectivity index (χ3v) is 7.33. The van der Waals surface area contributed by atoms with Crippen LogP contribution in [0, 0.1) is 0 Å². The van der Waals surface area contributed by atoms with Gasteiger partial charge in [-0.15, -0.1) is 0 Å². The van der Waals surface area contributed by atoms with Crippen LogP contribution >= 0.6 is 0 Å². The summed E-state index contributed by atoms with van der Waals surface area (Å²) in [7, 11) is 3.29. The van der Waals surface area contributed by atoms with Crippen molar-refractivity contribution in [1.29, 1.82) is 0 Å². The first kappa shape index (κ1) is 32.4. The Balaban J connectivity index is 0.00000116. The largest absolute Gasteiger partial charge is 0.494 e. The summed E-state index contributed by atoms with van der Waals surface area (Å²) in [6.07, 6.45) is 3.95. The van der Waals surface area contributed by atoms with E-state index in [0.717, 1.165) is 54.0 Å². The molecular formula is C32H45N5O5. The van der Waals surface area contributed by atoms with Gasteiger partial charge in [0.25, 0.3) is 0 Å². The van der Waals surface area contributed by atoms with Crippen molar-refractivity contribution in [2.75, 3.05) is 69.9 Å². The SMILES string of the molecule is C=O.CC.CCOc1ccc(CC(=O)N2CCN(c3nc(N4CCCCC4)c4cc(OC)c(OC)cc4n3)CC2)cc1. The number of carbonyl (C=O) groups is 2. The first-order chi connectivity index (χ1) is 20.6. The summed E-state index contributed by atoms with van der Waals surface area (Å²) in [6, 6.07) is 11.7. The fraction of sp³-hybridized carbons (Fsp3) is 0.500. The maximum atomic E-state index is 13.0. The quantitative estimate of drug-likeness (QED) is 0.374. The zero-order valence-corrected chi connectivity index (χ0v) is 25.7. The minimum Gasteiger partial charge on any atom is -0.494 e. The van der Waals surface area contributed by atoms with Gasteiger partial charge in [0.2, 0.25) is 11.9 Å². The fourth-order valence-corrected chi connectivity index (χ4v) is 5.23. The molecule has 1 amide bonds. The van der Waals surface area contributed by atoms with Gasteiger partial charge in [0.05, 0.1) is 32.8 Å². The second kappa shape index (κ2) is 16.4. The Morgan fingerprint density at radius 3 is 2.05 bits per heavy atom. The molecule has 42 heavy (non-hydrogen) atoms. The highest BCUT2D eigenvalue weighted by atomic mass is 16.5. The highest BCUT2D eigenvalue weighted by Crippen LogP contribution is 2.37. The number of hydrogen-bond donors (Lipinski definition) is 0. The van der Waals surface area contributed by atoms with E-state index in [4.69, 9.17) is 29.0 Å². The molecule has 0 bridgehead atoms. The molecule has 2 saturated heterocycles. The van der Waals surface area contributed by atoms with Gasteiger partial charge in [0, 0.05) is 50.7 Å². The summed E-state index contributed by atoms with van der Waals surface area (Å²) in [5, 5.41) is 0.970.